The van der Waals surface area contributed by atoms with Crippen LogP contribution in [0.3, 0.4) is 0 Å². The first-order chi connectivity index (χ1) is 8.43. The molecule has 4 nitrogen and oxygen atoms in total. The Labute approximate surface area is 114 Å². The second-order valence-corrected chi connectivity index (χ2v) is 8.63. The molecule has 5 heteroatoms. The van der Waals surface area contributed by atoms with Crippen molar-refractivity contribution in [2.75, 3.05) is 33.8 Å². The van der Waals surface area contributed by atoms with Crippen molar-refractivity contribution in [1.29, 1.82) is 0 Å². The Morgan fingerprint density at radius 2 is 1.94 bits per heavy atom. The van der Waals surface area contributed by atoms with E-state index in [-0.39, 0.29) is 6.10 Å². The SMILES string of the molecule is CCO[Si](C)(CCCN(C)C)OC(C)CCCN. The van der Waals surface area contributed by atoms with Crippen LogP contribution in [-0.4, -0.2) is 53.4 Å². The van der Waals surface area contributed by atoms with E-state index in [0.717, 1.165) is 45.0 Å². The zero-order chi connectivity index (χ0) is 14.0. The molecule has 0 aromatic rings. The molecule has 0 aromatic carbocycles. The van der Waals surface area contributed by atoms with Gasteiger partial charge in [-0.2, -0.15) is 0 Å². The van der Waals surface area contributed by atoms with Crippen molar-refractivity contribution < 1.29 is 8.85 Å². The predicted octanol–water partition coefficient (Wildman–Crippen LogP) is 2.19. The third-order valence-corrected chi connectivity index (χ3v) is 6.01. The highest BCUT2D eigenvalue weighted by Gasteiger charge is 2.32. The van der Waals surface area contributed by atoms with Crippen LogP contribution in [0.15, 0.2) is 0 Å². The second-order valence-electron chi connectivity index (χ2n) is 5.33. The monoisotopic (exact) mass is 276 g/mol. The number of nitrogens with zero attached hydrogens (tertiary/aromatic N) is 1. The quantitative estimate of drug-likeness (QED) is 0.588. The van der Waals surface area contributed by atoms with E-state index in [1.165, 1.54) is 0 Å². The molecule has 0 spiro atoms. The van der Waals surface area contributed by atoms with Crippen LogP contribution in [0.4, 0.5) is 0 Å². The fourth-order valence-electron chi connectivity index (χ4n) is 2.08. The summed E-state index contributed by atoms with van der Waals surface area (Å²) in [5.74, 6) is 0. The number of hydrogen-bond donors (Lipinski definition) is 1. The van der Waals surface area contributed by atoms with Crippen LogP contribution in [0.2, 0.25) is 12.6 Å². The Morgan fingerprint density at radius 1 is 1.28 bits per heavy atom. The topological polar surface area (TPSA) is 47.7 Å². The molecule has 0 rings (SSSR count). The second kappa shape index (κ2) is 9.92. The van der Waals surface area contributed by atoms with E-state index < -0.39 is 8.56 Å². The standard InChI is InChI=1S/C13H32N2O2Si/c1-6-16-18(5,12-8-11-15(3)4)17-13(2)9-7-10-14/h13H,6-12,14H2,1-5H3. The molecule has 0 bridgehead atoms. The fraction of sp³-hybridized carbons (Fsp3) is 1.00. The molecule has 0 aliphatic heterocycles. The van der Waals surface area contributed by atoms with E-state index in [0.29, 0.717) is 0 Å². The molecule has 0 radical (unpaired) electrons. The van der Waals surface area contributed by atoms with Crippen LogP contribution in [0.5, 0.6) is 0 Å². The Bertz CT molecular complexity index is 205. The maximum Gasteiger partial charge on any atom is 0.335 e. The van der Waals surface area contributed by atoms with E-state index in [2.05, 4.69) is 32.5 Å². The summed E-state index contributed by atoms with van der Waals surface area (Å²) < 4.78 is 12.1. The highest BCUT2D eigenvalue weighted by atomic mass is 28.4. The molecule has 2 atom stereocenters. The third kappa shape index (κ3) is 9.05. The van der Waals surface area contributed by atoms with E-state index in [1.54, 1.807) is 0 Å². The smallest absolute Gasteiger partial charge is 0.335 e. The summed E-state index contributed by atoms with van der Waals surface area (Å²) in [6.45, 7) is 8.94. The predicted molar refractivity (Wildman–Crippen MR) is 80.1 cm³/mol. The normalized spacial score (nSPS) is 16.8. The average molecular weight is 276 g/mol. The molecule has 0 aromatic heterocycles. The summed E-state index contributed by atoms with van der Waals surface area (Å²) >= 11 is 0. The van der Waals surface area contributed by atoms with Crippen molar-refractivity contribution in [3.05, 3.63) is 0 Å². The van der Waals surface area contributed by atoms with Gasteiger partial charge in [0.1, 0.15) is 0 Å². The third-order valence-electron chi connectivity index (χ3n) is 2.95. The van der Waals surface area contributed by atoms with Gasteiger partial charge in [0.25, 0.3) is 0 Å². The van der Waals surface area contributed by atoms with Crippen molar-refractivity contribution in [2.24, 2.45) is 5.73 Å². The van der Waals surface area contributed by atoms with Gasteiger partial charge in [0.05, 0.1) is 0 Å². The Hall–Kier alpha value is 0.0569. The summed E-state index contributed by atoms with van der Waals surface area (Å²) in [5, 5.41) is 0. The van der Waals surface area contributed by atoms with Crippen LogP contribution in [-0.2, 0) is 8.85 Å². The minimum atomic E-state index is -2.00. The first-order valence-corrected chi connectivity index (χ1v) is 9.62. The van der Waals surface area contributed by atoms with E-state index in [1.807, 2.05) is 6.92 Å². The lowest BCUT2D eigenvalue weighted by Crippen LogP contribution is -2.42. The summed E-state index contributed by atoms with van der Waals surface area (Å²) in [6.07, 6.45) is 3.45. The van der Waals surface area contributed by atoms with Gasteiger partial charge in [-0.1, -0.05) is 0 Å². The van der Waals surface area contributed by atoms with Gasteiger partial charge < -0.3 is 19.5 Å². The Balaban J connectivity index is 4.14. The first kappa shape index (κ1) is 18.1. The molecule has 0 amide bonds. The van der Waals surface area contributed by atoms with Crippen LogP contribution in [0, 0.1) is 0 Å². The van der Waals surface area contributed by atoms with Crippen molar-refractivity contribution >= 4 is 8.56 Å². The molecule has 0 fully saturated rings. The van der Waals surface area contributed by atoms with Crippen molar-refractivity contribution in [3.8, 4) is 0 Å². The zero-order valence-corrected chi connectivity index (χ0v) is 13.9. The van der Waals surface area contributed by atoms with Crippen molar-refractivity contribution in [3.63, 3.8) is 0 Å². The Kier molecular flexibility index (Phi) is 9.95. The molecule has 0 saturated heterocycles. The van der Waals surface area contributed by atoms with E-state index in [4.69, 9.17) is 14.6 Å². The Morgan fingerprint density at radius 3 is 2.44 bits per heavy atom. The van der Waals surface area contributed by atoms with Gasteiger partial charge in [-0.05, 0) is 72.9 Å². The van der Waals surface area contributed by atoms with Crippen LogP contribution >= 0.6 is 0 Å². The minimum absolute atomic E-state index is 0.260. The highest BCUT2D eigenvalue weighted by Crippen LogP contribution is 2.19. The van der Waals surface area contributed by atoms with E-state index >= 15 is 0 Å². The summed E-state index contributed by atoms with van der Waals surface area (Å²) in [7, 11) is 2.21. The van der Waals surface area contributed by atoms with Gasteiger partial charge >= 0.3 is 8.56 Å². The van der Waals surface area contributed by atoms with Gasteiger partial charge in [0, 0.05) is 12.7 Å². The molecule has 0 aliphatic carbocycles. The highest BCUT2D eigenvalue weighted by molar-refractivity contribution is 6.66. The van der Waals surface area contributed by atoms with Crippen molar-refractivity contribution in [2.45, 2.75) is 51.8 Å². The number of nitrogens with two attached hydrogens (primary N) is 1. The minimum Gasteiger partial charge on any atom is -0.395 e. The fourth-order valence-corrected chi connectivity index (χ4v) is 4.79. The lowest BCUT2D eigenvalue weighted by Gasteiger charge is -2.30. The number of hydrogen-bond acceptors (Lipinski definition) is 4. The molecule has 18 heavy (non-hydrogen) atoms. The maximum absolute atomic E-state index is 6.20. The molecular formula is C13H32N2O2Si. The summed E-state index contributed by atoms with van der Waals surface area (Å²) in [5.41, 5.74) is 5.53. The molecule has 0 aliphatic rings. The lowest BCUT2D eigenvalue weighted by atomic mass is 10.2. The van der Waals surface area contributed by atoms with Gasteiger partial charge in [-0.15, -0.1) is 0 Å². The van der Waals surface area contributed by atoms with Gasteiger partial charge in [-0.25, -0.2) is 0 Å². The largest absolute Gasteiger partial charge is 0.395 e. The first-order valence-electron chi connectivity index (χ1n) is 7.10. The average Bonchev–Trinajstić information content (AvgIpc) is 2.25. The van der Waals surface area contributed by atoms with Gasteiger partial charge in [0.15, 0.2) is 0 Å². The molecule has 0 heterocycles. The molecule has 0 saturated carbocycles. The van der Waals surface area contributed by atoms with Crippen LogP contribution in [0.1, 0.15) is 33.1 Å². The number of rotatable bonds is 11. The van der Waals surface area contributed by atoms with Crippen LogP contribution in [0.25, 0.3) is 0 Å². The molecule has 2 unspecified atom stereocenters. The molecule has 110 valence electrons. The maximum atomic E-state index is 6.20. The molecule has 2 N–H and O–H groups in total. The van der Waals surface area contributed by atoms with E-state index in [9.17, 15) is 0 Å². The van der Waals surface area contributed by atoms with Crippen molar-refractivity contribution in [1.82, 2.24) is 4.90 Å². The zero-order valence-electron chi connectivity index (χ0n) is 12.9. The summed E-state index contributed by atoms with van der Waals surface area (Å²) in [6, 6.07) is 1.06. The van der Waals surface area contributed by atoms with Gasteiger partial charge in [-0.3, -0.25) is 0 Å². The van der Waals surface area contributed by atoms with Crippen LogP contribution < -0.4 is 5.73 Å². The lowest BCUT2D eigenvalue weighted by molar-refractivity contribution is 0.123. The molecular weight excluding hydrogens is 244 g/mol. The van der Waals surface area contributed by atoms with Gasteiger partial charge in [0.2, 0.25) is 0 Å². The summed E-state index contributed by atoms with van der Waals surface area (Å²) in [4.78, 5) is 2.21.